The van der Waals surface area contributed by atoms with Gasteiger partial charge in [-0.3, -0.25) is 4.79 Å². The highest BCUT2D eigenvalue weighted by atomic mass is 32.2. The van der Waals surface area contributed by atoms with Crippen LogP contribution in [0, 0.1) is 5.92 Å². The van der Waals surface area contributed by atoms with Gasteiger partial charge >= 0.3 is 0 Å². The molecule has 29 heavy (non-hydrogen) atoms. The SMILES string of the molecule is CC(C)c1ncc(C(=O)NC(C=CS(C)(=O)=O)C2CC2)c(Oc2ccccc2)n1. The molecule has 0 aliphatic heterocycles. The van der Waals surface area contributed by atoms with E-state index in [-0.39, 0.29) is 29.3 Å². The van der Waals surface area contributed by atoms with Crippen molar-refractivity contribution in [1.82, 2.24) is 15.3 Å². The Morgan fingerprint density at radius 1 is 1.24 bits per heavy atom. The van der Waals surface area contributed by atoms with Crippen molar-refractivity contribution in [3.63, 3.8) is 0 Å². The first-order valence-corrected chi connectivity index (χ1v) is 11.5. The lowest BCUT2D eigenvalue weighted by Gasteiger charge is -2.16. The molecule has 1 aliphatic rings. The molecule has 3 rings (SSSR count). The normalized spacial score (nSPS) is 15.4. The lowest BCUT2D eigenvalue weighted by Crippen LogP contribution is -2.35. The molecule has 1 aromatic carbocycles. The van der Waals surface area contributed by atoms with Gasteiger partial charge in [-0.25, -0.2) is 13.4 Å². The molecule has 7 nitrogen and oxygen atoms in total. The second kappa shape index (κ2) is 8.73. The van der Waals surface area contributed by atoms with Gasteiger partial charge in [0.05, 0.1) is 6.04 Å². The van der Waals surface area contributed by atoms with Crippen molar-refractivity contribution in [3.05, 3.63) is 59.4 Å². The van der Waals surface area contributed by atoms with E-state index in [2.05, 4.69) is 15.3 Å². The maximum atomic E-state index is 12.9. The zero-order valence-electron chi connectivity index (χ0n) is 16.7. The molecular formula is C21H25N3O4S. The van der Waals surface area contributed by atoms with Crippen LogP contribution in [0.1, 0.15) is 48.8 Å². The Labute approximate surface area is 171 Å². The Balaban J connectivity index is 1.87. The summed E-state index contributed by atoms with van der Waals surface area (Å²) in [5.74, 6) is 1.21. The number of aromatic nitrogens is 2. The number of para-hydroxylation sites is 1. The van der Waals surface area contributed by atoms with E-state index in [1.165, 1.54) is 12.3 Å². The largest absolute Gasteiger partial charge is 0.438 e. The van der Waals surface area contributed by atoms with Crippen molar-refractivity contribution in [2.45, 2.75) is 38.6 Å². The number of hydrogen-bond acceptors (Lipinski definition) is 6. The number of rotatable bonds is 8. The number of carbonyl (C=O) groups is 1. The average Bonchev–Trinajstić information content (AvgIpc) is 3.50. The van der Waals surface area contributed by atoms with Crippen LogP contribution in [0.15, 0.2) is 48.0 Å². The number of sulfone groups is 1. The summed E-state index contributed by atoms with van der Waals surface area (Å²) in [6.07, 6.45) is 6.00. The highest BCUT2D eigenvalue weighted by Gasteiger charge is 2.32. The molecule has 1 amide bonds. The van der Waals surface area contributed by atoms with Crippen LogP contribution in [0.4, 0.5) is 0 Å². The Morgan fingerprint density at radius 2 is 1.93 bits per heavy atom. The number of carbonyl (C=O) groups excluding carboxylic acids is 1. The van der Waals surface area contributed by atoms with E-state index in [1.54, 1.807) is 12.1 Å². The van der Waals surface area contributed by atoms with Crippen molar-refractivity contribution in [2.24, 2.45) is 5.92 Å². The van der Waals surface area contributed by atoms with Crippen molar-refractivity contribution < 1.29 is 17.9 Å². The molecule has 1 N–H and O–H groups in total. The summed E-state index contributed by atoms with van der Waals surface area (Å²) >= 11 is 0. The number of hydrogen-bond donors (Lipinski definition) is 1. The Hall–Kier alpha value is -2.74. The first-order chi connectivity index (χ1) is 13.7. The first kappa shape index (κ1) is 21.0. The predicted molar refractivity (Wildman–Crippen MR) is 111 cm³/mol. The zero-order valence-corrected chi connectivity index (χ0v) is 17.5. The second-order valence-electron chi connectivity index (χ2n) is 7.51. The summed E-state index contributed by atoms with van der Waals surface area (Å²) in [6, 6.07) is 8.72. The molecule has 0 radical (unpaired) electrons. The van der Waals surface area contributed by atoms with Gasteiger partial charge in [-0.1, -0.05) is 38.1 Å². The molecule has 1 aromatic heterocycles. The molecule has 1 heterocycles. The third-order valence-electron chi connectivity index (χ3n) is 4.45. The van der Waals surface area contributed by atoms with Crippen LogP contribution in [-0.4, -0.2) is 36.6 Å². The van der Waals surface area contributed by atoms with Crippen molar-refractivity contribution in [3.8, 4) is 11.6 Å². The summed E-state index contributed by atoms with van der Waals surface area (Å²) in [5, 5.41) is 4.03. The third-order valence-corrected chi connectivity index (χ3v) is 5.10. The molecule has 0 saturated heterocycles. The predicted octanol–water partition coefficient (Wildman–Crippen LogP) is 3.46. The summed E-state index contributed by atoms with van der Waals surface area (Å²) in [7, 11) is -3.27. The monoisotopic (exact) mass is 415 g/mol. The Morgan fingerprint density at radius 3 is 2.52 bits per heavy atom. The minimum atomic E-state index is -3.27. The summed E-state index contributed by atoms with van der Waals surface area (Å²) < 4.78 is 28.8. The first-order valence-electron chi connectivity index (χ1n) is 9.52. The molecule has 1 fully saturated rings. The van der Waals surface area contributed by atoms with E-state index >= 15 is 0 Å². The molecule has 1 aliphatic carbocycles. The topological polar surface area (TPSA) is 98.2 Å². The maximum Gasteiger partial charge on any atom is 0.258 e. The van der Waals surface area contributed by atoms with Gasteiger partial charge in [0.15, 0.2) is 9.84 Å². The molecule has 2 aromatic rings. The van der Waals surface area contributed by atoms with E-state index in [4.69, 9.17) is 4.74 Å². The van der Waals surface area contributed by atoms with Gasteiger partial charge in [-0.05, 0) is 30.9 Å². The molecular weight excluding hydrogens is 390 g/mol. The number of nitrogens with one attached hydrogen (secondary N) is 1. The highest BCUT2D eigenvalue weighted by Crippen LogP contribution is 2.34. The summed E-state index contributed by atoms with van der Waals surface area (Å²) in [5.41, 5.74) is 0.205. The highest BCUT2D eigenvalue weighted by molar-refractivity contribution is 7.93. The average molecular weight is 416 g/mol. The fourth-order valence-corrected chi connectivity index (χ4v) is 3.18. The van der Waals surface area contributed by atoms with Crippen LogP contribution in [0.2, 0.25) is 0 Å². The fraction of sp³-hybridized carbons (Fsp3) is 0.381. The summed E-state index contributed by atoms with van der Waals surface area (Å²) in [6.45, 7) is 3.92. The van der Waals surface area contributed by atoms with Gasteiger partial charge in [0.1, 0.15) is 17.1 Å². The molecule has 1 atom stereocenters. The molecule has 1 unspecified atom stereocenters. The standard InChI is InChI=1S/C21H25N3O4S/c1-14(2)19-22-13-17(21(24-19)28-16-7-5-4-6-8-16)20(25)23-18(15-9-10-15)11-12-29(3,26)27/h4-8,11-15,18H,9-10H2,1-3H3,(H,23,25). The van der Waals surface area contributed by atoms with Crippen LogP contribution in [0.5, 0.6) is 11.6 Å². The third kappa shape index (κ3) is 6.12. The van der Waals surface area contributed by atoms with Gasteiger partial charge in [0.25, 0.3) is 5.91 Å². The Bertz CT molecular complexity index is 1000. The van der Waals surface area contributed by atoms with E-state index < -0.39 is 15.7 Å². The smallest absolute Gasteiger partial charge is 0.258 e. The van der Waals surface area contributed by atoms with Crippen molar-refractivity contribution in [2.75, 3.05) is 6.26 Å². The van der Waals surface area contributed by atoms with Gasteiger partial charge in [-0.2, -0.15) is 4.98 Å². The minimum absolute atomic E-state index is 0.0714. The van der Waals surface area contributed by atoms with Gasteiger partial charge in [-0.15, -0.1) is 0 Å². The van der Waals surface area contributed by atoms with E-state index in [1.807, 2.05) is 32.0 Å². The number of benzene rings is 1. The lowest BCUT2D eigenvalue weighted by atomic mass is 10.1. The van der Waals surface area contributed by atoms with Crippen LogP contribution < -0.4 is 10.1 Å². The maximum absolute atomic E-state index is 12.9. The fourth-order valence-electron chi connectivity index (χ4n) is 2.73. The van der Waals surface area contributed by atoms with Crippen LogP contribution in [0.3, 0.4) is 0 Å². The second-order valence-corrected chi connectivity index (χ2v) is 9.44. The van der Waals surface area contributed by atoms with Crippen LogP contribution >= 0.6 is 0 Å². The number of nitrogens with zero attached hydrogens (tertiary/aromatic N) is 2. The van der Waals surface area contributed by atoms with Crippen LogP contribution in [-0.2, 0) is 9.84 Å². The minimum Gasteiger partial charge on any atom is -0.438 e. The molecule has 0 spiro atoms. The van der Waals surface area contributed by atoms with Gasteiger partial charge in [0, 0.05) is 23.8 Å². The van der Waals surface area contributed by atoms with Crippen LogP contribution in [0.25, 0.3) is 0 Å². The number of ether oxygens (including phenoxy) is 1. The molecule has 1 saturated carbocycles. The van der Waals surface area contributed by atoms with Gasteiger partial charge in [0.2, 0.25) is 5.88 Å². The van der Waals surface area contributed by atoms with Gasteiger partial charge < -0.3 is 10.1 Å². The molecule has 0 bridgehead atoms. The molecule has 8 heteroatoms. The quantitative estimate of drug-likeness (QED) is 0.709. The number of amides is 1. The zero-order chi connectivity index (χ0) is 21.0. The lowest BCUT2D eigenvalue weighted by molar-refractivity contribution is 0.0937. The summed E-state index contributed by atoms with van der Waals surface area (Å²) in [4.78, 5) is 21.7. The van der Waals surface area contributed by atoms with Crippen molar-refractivity contribution >= 4 is 15.7 Å². The Kier molecular flexibility index (Phi) is 6.32. The van der Waals surface area contributed by atoms with E-state index in [9.17, 15) is 13.2 Å². The van der Waals surface area contributed by atoms with E-state index in [0.717, 1.165) is 24.5 Å². The van der Waals surface area contributed by atoms with E-state index in [0.29, 0.717) is 11.6 Å². The molecule has 154 valence electrons. The van der Waals surface area contributed by atoms with Crippen molar-refractivity contribution in [1.29, 1.82) is 0 Å².